The molecular weight excluding hydrogens is 176 g/mol. The number of likely N-dealkylation sites (tertiary alicyclic amines) is 1. The molecule has 3 nitrogen and oxygen atoms in total. The van der Waals surface area contributed by atoms with E-state index in [0.717, 1.165) is 32.0 Å². The molecular formula is C11H18N2O. The number of hydrogen-bond acceptors (Lipinski definition) is 2. The van der Waals surface area contributed by atoms with Crippen LogP contribution in [0.4, 0.5) is 0 Å². The molecule has 3 fully saturated rings. The van der Waals surface area contributed by atoms with Gasteiger partial charge in [0, 0.05) is 19.5 Å². The summed E-state index contributed by atoms with van der Waals surface area (Å²) in [7, 11) is 0. The van der Waals surface area contributed by atoms with Crippen LogP contribution in [0.1, 0.15) is 32.1 Å². The minimum atomic E-state index is 0.333. The topological polar surface area (TPSA) is 32.3 Å². The Morgan fingerprint density at radius 2 is 2.21 bits per heavy atom. The van der Waals surface area contributed by atoms with Crippen LogP contribution in [0.2, 0.25) is 0 Å². The van der Waals surface area contributed by atoms with Crippen molar-refractivity contribution >= 4 is 5.91 Å². The molecule has 2 saturated heterocycles. The standard InChI is InChI=1S/C11H18N2O/c14-10(6-9-2-3-9)13-7-11(8-13)4-1-5-12-11/h9,12H,1-8H2. The molecule has 2 aliphatic heterocycles. The zero-order valence-electron chi connectivity index (χ0n) is 8.59. The van der Waals surface area contributed by atoms with Gasteiger partial charge in [-0.05, 0) is 38.1 Å². The highest BCUT2D eigenvalue weighted by Gasteiger charge is 2.46. The first-order valence-electron chi connectivity index (χ1n) is 5.80. The Morgan fingerprint density at radius 3 is 2.79 bits per heavy atom. The monoisotopic (exact) mass is 194 g/mol. The van der Waals surface area contributed by atoms with Gasteiger partial charge < -0.3 is 10.2 Å². The van der Waals surface area contributed by atoms with Gasteiger partial charge in [-0.25, -0.2) is 0 Å². The highest BCUT2D eigenvalue weighted by Crippen LogP contribution is 2.35. The molecule has 0 bridgehead atoms. The van der Waals surface area contributed by atoms with E-state index in [4.69, 9.17) is 0 Å². The van der Waals surface area contributed by atoms with E-state index in [-0.39, 0.29) is 0 Å². The largest absolute Gasteiger partial charge is 0.339 e. The minimum Gasteiger partial charge on any atom is -0.339 e. The zero-order chi connectivity index (χ0) is 9.60. The number of nitrogens with zero attached hydrogens (tertiary/aromatic N) is 1. The summed E-state index contributed by atoms with van der Waals surface area (Å²) >= 11 is 0. The van der Waals surface area contributed by atoms with Crippen molar-refractivity contribution in [2.45, 2.75) is 37.6 Å². The van der Waals surface area contributed by atoms with E-state index in [2.05, 4.69) is 5.32 Å². The maximum absolute atomic E-state index is 11.7. The predicted octanol–water partition coefficient (Wildman–Crippen LogP) is 0.751. The van der Waals surface area contributed by atoms with E-state index in [0.29, 0.717) is 11.4 Å². The van der Waals surface area contributed by atoms with E-state index < -0.39 is 0 Å². The van der Waals surface area contributed by atoms with Crippen molar-refractivity contribution in [3.8, 4) is 0 Å². The van der Waals surface area contributed by atoms with Crippen molar-refractivity contribution in [2.24, 2.45) is 5.92 Å². The third kappa shape index (κ3) is 1.44. The lowest BCUT2D eigenvalue weighted by atomic mass is 9.88. The third-order valence-electron chi connectivity index (χ3n) is 3.83. The van der Waals surface area contributed by atoms with Crippen LogP contribution < -0.4 is 5.32 Å². The van der Waals surface area contributed by atoms with E-state index >= 15 is 0 Å². The number of carbonyl (C=O) groups is 1. The molecule has 1 N–H and O–H groups in total. The van der Waals surface area contributed by atoms with Crippen LogP contribution in [0.25, 0.3) is 0 Å². The fourth-order valence-electron chi connectivity index (χ4n) is 2.70. The van der Waals surface area contributed by atoms with Crippen molar-refractivity contribution in [3.05, 3.63) is 0 Å². The summed E-state index contributed by atoms with van der Waals surface area (Å²) in [5.41, 5.74) is 0.333. The molecule has 1 amide bonds. The first-order chi connectivity index (χ1) is 6.77. The Morgan fingerprint density at radius 1 is 1.43 bits per heavy atom. The fourth-order valence-corrected chi connectivity index (χ4v) is 2.70. The van der Waals surface area contributed by atoms with Crippen molar-refractivity contribution in [3.63, 3.8) is 0 Å². The quantitative estimate of drug-likeness (QED) is 0.703. The second-order valence-corrected chi connectivity index (χ2v) is 5.21. The van der Waals surface area contributed by atoms with Crippen LogP contribution in [0, 0.1) is 5.92 Å². The molecule has 1 spiro atoms. The summed E-state index contributed by atoms with van der Waals surface area (Å²) < 4.78 is 0. The van der Waals surface area contributed by atoms with Crippen LogP contribution in [-0.4, -0.2) is 36.0 Å². The molecule has 0 radical (unpaired) electrons. The molecule has 78 valence electrons. The normalized spacial score (nSPS) is 29.3. The molecule has 0 aromatic rings. The van der Waals surface area contributed by atoms with Gasteiger partial charge in [-0.2, -0.15) is 0 Å². The van der Waals surface area contributed by atoms with E-state index in [1.807, 2.05) is 4.90 Å². The van der Waals surface area contributed by atoms with Gasteiger partial charge in [0.05, 0.1) is 5.54 Å². The van der Waals surface area contributed by atoms with Gasteiger partial charge in [-0.3, -0.25) is 4.79 Å². The maximum atomic E-state index is 11.7. The lowest BCUT2D eigenvalue weighted by Crippen LogP contribution is -2.67. The van der Waals surface area contributed by atoms with Crippen LogP contribution in [-0.2, 0) is 4.79 Å². The summed E-state index contributed by atoms with van der Waals surface area (Å²) in [5, 5.41) is 3.53. The van der Waals surface area contributed by atoms with Gasteiger partial charge in [0.2, 0.25) is 5.91 Å². The molecule has 1 saturated carbocycles. The summed E-state index contributed by atoms with van der Waals surface area (Å²) in [6.07, 6.45) is 5.92. The lowest BCUT2D eigenvalue weighted by Gasteiger charge is -2.48. The molecule has 0 atom stereocenters. The summed E-state index contributed by atoms with van der Waals surface area (Å²) in [6, 6.07) is 0. The smallest absolute Gasteiger partial charge is 0.222 e. The van der Waals surface area contributed by atoms with Crippen LogP contribution in [0.5, 0.6) is 0 Å². The number of nitrogens with one attached hydrogen (secondary N) is 1. The zero-order valence-corrected chi connectivity index (χ0v) is 8.59. The van der Waals surface area contributed by atoms with E-state index in [1.165, 1.54) is 25.7 Å². The highest BCUT2D eigenvalue weighted by molar-refractivity contribution is 5.78. The van der Waals surface area contributed by atoms with Gasteiger partial charge in [0.1, 0.15) is 0 Å². The Balaban J connectivity index is 1.50. The fraction of sp³-hybridized carbons (Fsp3) is 0.909. The van der Waals surface area contributed by atoms with Crippen molar-refractivity contribution in [1.29, 1.82) is 0 Å². The predicted molar refractivity (Wildman–Crippen MR) is 53.9 cm³/mol. The van der Waals surface area contributed by atoms with Gasteiger partial charge in [-0.15, -0.1) is 0 Å². The number of amides is 1. The number of hydrogen-bond donors (Lipinski definition) is 1. The van der Waals surface area contributed by atoms with Crippen LogP contribution >= 0.6 is 0 Å². The third-order valence-corrected chi connectivity index (χ3v) is 3.83. The Labute approximate surface area is 84.8 Å². The van der Waals surface area contributed by atoms with Crippen LogP contribution in [0.3, 0.4) is 0 Å². The maximum Gasteiger partial charge on any atom is 0.222 e. The van der Waals surface area contributed by atoms with Gasteiger partial charge in [0.25, 0.3) is 0 Å². The molecule has 2 heterocycles. The molecule has 0 aromatic carbocycles. The van der Waals surface area contributed by atoms with Gasteiger partial charge in [-0.1, -0.05) is 0 Å². The minimum absolute atomic E-state index is 0.333. The van der Waals surface area contributed by atoms with Crippen molar-refractivity contribution < 1.29 is 4.79 Å². The molecule has 0 aromatic heterocycles. The number of rotatable bonds is 2. The van der Waals surface area contributed by atoms with E-state index in [9.17, 15) is 4.79 Å². The van der Waals surface area contributed by atoms with Crippen LogP contribution in [0.15, 0.2) is 0 Å². The van der Waals surface area contributed by atoms with Gasteiger partial charge >= 0.3 is 0 Å². The Hall–Kier alpha value is -0.570. The lowest BCUT2D eigenvalue weighted by molar-refractivity contribution is -0.139. The average Bonchev–Trinajstić information content (AvgIpc) is 2.79. The number of carbonyl (C=O) groups excluding carboxylic acids is 1. The van der Waals surface area contributed by atoms with Crippen molar-refractivity contribution in [2.75, 3.05) is 19.6 Å². The molecule has 3 heteroatoms. The average molecular weight is 194 g/mol. The molecule has 0 unspecified atom stereocenters. The van der Waals surface area contributed by atoms with E-state index in [1.54, 1.807) is 0 Å². The second kappa shape index (κ2) is 2.96. The van der Waals surface area contributed by atoms with Gasteiger partial charge in [0.15, 0.2) is 0 Å². The molecule has 1 aliphatic carbocycles. The Bertz CT molecular complexity index is 246. The summed E-state index contributed by atoms with van der Waals surface area (Å²) in [4.78, 5) is 13.8. The molecule has 3 rings (SSSR count). The molecule has 3 aliphatic rings. The Kier molecular flexibility index (Phi) is 1.84. The first kappa shape index (κ1) is 8.72. The van der Waals surface area contributed by atoms with Crippen molar-refractivity contribution in [1.82, 2.24) is 10.2 Å². The first-order valence-corrected chi connectivity index (χ1v) is 5.80. The molecule has 14 heavy (non-hydrogen) atoms. The summed E-state index contributed by atoms with van der Waals surface area (Å²) in [5.74, 6) is 1.13. The second-order valence-electron chi connectivity index (χ2n) is 5.21. The highest BCUT2D eigenvalue weighted by atomic mass is 16.2. The summed E-state index contributed by atoms with van der Waals surface area (Å²) in [6.45, 7) is 3.09. The SMILES string of the molecule is O=C(CC1CC1)N1CC2(CCCN2)C1.